The average molecular weight is 329 g/mol. The summed E-state index contributed by atoms with van der Waals surface area (Å²) in [7, 11) is 0. The van der Waals surface area contributed by atoms with Gasteiger partial charge in [-0.25, -0.2) is 0 Å². The zero-order valence-corrected chi connectivity index (χ0v) is 14.5. The van der Waals surface area contributed by atoms with E-state index in [1.807, 2.05) is 44.2 Å². The largest absolute Gasteiger partial charge is 0.492 e. The smallest absolute Gasteiger partial charge is 0.230 e. The Morgan fingerprint density at radius 1 is 1.09 bits per heavy atom. The Hall–Kier alpha value is -1.94. The van der Waals surface area contributed by atoms with Crippen LogP contribution in [0.3, 0.4) is 0 Å². The number of amides is 1. The van der Waals surface area contributed by atoms with E-state index in [9.17, 15) is 4.79 Å². The topological polar surface area (TPSA) is 38.3 Å². The van der Waals surface area contributed by atoms with E-state index >= 15 is 0 Å². The number of thioether (sulfide) groups is 1. The third-order valence-electron chi connectivity index (χ3n) is 3.23. The Morgan fingerprint density at radius 3 is 2.48 bits per heavy atom. The Kier molecular flexibility index (Phi) is 7.01. The van der Waals surface area contributed by atoms with Gasteiger partial charge in [-0.2, -0.15) is 0 Å². The molecule has 0 aliphatic carbocycles. The molecule has 0 heterocycles. The van der Waals surface area contributed by atoms with Gasteiger partial charge in [0.1, 0.15) is 12.4 Å². The molecule has 1 N–H and O–H groups in total. The zero-order chi connectivity index (χ0) is 16.5. The van der Waals surface area contributed by atoms with E-state index in [2.05, 4.69) is 23.5 Å². The summed E-state index contributed by atoms with van der Waals surface area (Å²) >= 11 is 1.62. The number of carbonyl (C=O) groups excluding carboxylic acids is 1. The molecule has 0 spiro atoms. The summed E-state index contributed by atoms with van der Waals surface area (Å²) in [5.41, 5.74) is 3.60. The van der Waals surface area contributed by atoms with Crippen molar-refractivity contribution in [1.82, 2.24) is 5.32 Å². The van der Waals surface area contributed by atoms with E-state index in [0.29, 0.717) is 18.9 Å². The molecule has 0 atom stereocenters. The Balaban J connectivity index is 1.59. The number of ether oxygens (including phenoxy) is 1. The van der Waals surface area contributed by atoms with Crippen LogP contribution in [-0.2, 0) is 10.5 Å². The minimum atomic E-state index is 0.0509. The molecule has 2 aromatic rings. The van der Waals surface area contributed by atoms with E-state index in [0.717, 1.165) is 11.5 Å². The maximum absolute atomic E-state index is 11.8. The molecular weight excluding hydrogens is 306 g/mol. The molecule has 0 fully saturated rings. The SMILES string of the molecule is Cc1cc(C)cc(OCCNC(=O)CSCc2ccccc2)c1. The van der Waals surface area contributed by atoms with Gasteiger partial charge in [0, 0.05) is 5.75 Å². The Morgan fingerprint density at radius 2 is 1.78 bits per heavy atom. The minimum Gasteiger partial charge on any atom is -0.492 e. The first-order chi connectivity index (χ1) is 11.1. The second kappa shape index (κ2) is 9.26. The van der Waals surface area contributed by atoms with Gasteiger partial charge < -0.3 is 10.1 Å². The van der Waals surface area contributed by atoms with E-state index in [-0.39, 0.29) is 5.91 Å². The van der Waals surface area contributed by atoms with E-state index < -0.39 is 0 Å². The van der Waals surface area contributed by atoms with Gasteiger partial charge in [0.25, 0.3) is 0 Å². The highest BCUT2D eigenvalue weighted by Crippen LogP contribution is 2.15. The predicted octanol–water partition coefficient (Wildman–Crippen LogP) is 3.73. The van der Waals surface area contributed by atoms with Crippen LogP contribution < -0.4 is 10.1 Å². The van der Waals surface area contributed by atoms with Crippen LogP contribution in [0.4, 0.5) is 0 Å². The molecule has 2 aromatic carbocycles. The van der Waals surface area contributed by atoms with Crippen molar-refractivity contribution < 1.29 is 9.53 Å². The predicted molar refractivity (Wildman–Crippen MR) is 97.0 cm³/mol. The van der Waals surface area contributed by atoms with Crippen molar-refractivity contribution in [3.63, 3.8) is 0 Å². The monoisotopic (exact) mass is 329 g/mol. The van der Waals surface area contributed by atoms with Crippen LogP contribution in [0.2, 0.25) is 0 Å². The summed E-state index contributed by atoms with van der Waals surface area (Å²) in [4.78, 5) is 11.8. The summed E-state index contributed by atoms with van der Waals surface area (Å²) < 4.78 is 5.67. The highest BCUT2D eigenvalue weighted by molar-refractivity contribution is 7.99. The van der Waals surface area contributed by atoms with Crippen molar-refractivity contribution in [3.05, 3.63) is 65.2 Å². The maximum Gasteiger partial charge on any atom is 0.230 e. The van der Waals surface area contributed by atoms with Gasteiger partial charge >= 0.3 is 0 Å². The number of carbonyl (C=O) groups is 1. The third-order valence-corrected chi connectivity index (χ3v) is 4.24. The molecule has 0 unspecified atom stereocenters. The fraction of sp³-hybridized carbons (Fsp3) is 0.316. The number of hydrogen-bond acceptors (Lipinski definition) is 3. The summed E-state index contributed by atoms with van der Waals surface area (Å²) in [6.07, 6.45) is 0. The molecule has 4 heteroatoms. The molecule has 0 aliphatic heterocycles. The molecule has 0 aliphatic rings. The molecule has 23 heavy (non-hydrogen) atoms. The number of aryl methyl sites for hydroxylation is 2. The average Bonchev–Trinajstić information content (AvgIpc) is 2.52. The van der Waals surface area contributed by atoms with Gasteiger partial charge in [0.2, 0.25) is 5.91 Å². The van der Waals surface area contributed by atoms with E-state index in [4.69, 9.17) is 4.74 Å². The summed E-state index contributed by atoms with van der Waals surface area (Å²) in [6.45, 7) is 5.10. The second-order valence-electron chi connectivity index (χ2n) is 5.50. The van der Waals surface area contributed by atoms with Crippen LogP contribution in [0, 0.1) is 13.8 Å². The summed E-state index contributed by atoms with van der Waals surface area (Å²) in [6, 6.07) is 16.3. The normalized spacial score (nSPS) is 10.3. The molecule has 0 saturated carbocycles. The van der Waals surface area contributed by atoms with Gasteiger partial charge in [-0.05, 0) is 42.7 Å². The zero-order valence-electron chi connectivity index (χ0n) is 13.7. The number of rotatable bonds is 8. The van der Waals surface area contributed by atoms with E-state index in [1.165, 1.54) is 16.7 Å². The molecule has 0 bridgehead atoms. The molecule has 2 rings (SSSR count). The van der Waals surface area contributed by atoms with Crippen molar-refractivity contribution in [3.8, 4) is 5.75 Å². The van der Waals surface area contributed by atoms with Crippen LogP contribution in [-0.4, -0.2) is 24.8 Å². The second-order valence-corrected chi connectivity index (χ2v) is 6.49. The first-order valence-electron chi connectivity index (χ1n) is 7.73. The van der Waals surface area contributed by atoms with Crippen LogP contribution in [0.15, 0.2) is 48.5 Å². The molecule has 3 nitrogen and oxygen atoms in total. The van der Waals surface area contributed by atoms with Gasteiger partial charge in [-0.15, -0.1) is 11.8 Å². The number of hydrogen-bond donors (Lipinski definition) is 1. The first-order valence-corrected chi connectivity index (χ1v) is 8.88. The number of nitrogens with one attached hydrogen (secondary N) is 1. The van der Waals surface area contributed by atoms with Crippen LogP contribution in [0.25, 0.3) is 0 Å². The van der Waals surface area contributed by atoms with Gasteiger partial charge in [0.05, 0.1) is 12.3 Å². The Labute approximate surface area is 142 Å². The van der Waals surface area contributed by atoms with Crippen molar-refractivity contribution in [2.45, 2.75) is 19.6 Å². The lowest BCUT2D eigenvalue weighted by molar-refractivity contribution is -0.118. The van der Waals surface area contributed by atoms with Crippen molar-refractivity contribution in [1.29, 1.82) is 0 Å². The van der Waals surface area contributed by atoms with Crippen molar-refractivity contribution >= 4 is 17.7 Å². The lowest BCUT2D eigenvalue weighted by atomic mass is 10.1. The highest BCUT2D eigenvalue weighted by Gasteiger charge is 2.02. The summed E-state index contributed by atoms with van der Waals surface area (Å²) in [5.74, 6) is 2.23. The molecular formula is C19H23NO2S. The quantitative estimate of drug-likeness (QED) is 0.750. The lowest BCUT2D eigenvalue weighted by Crippen LogP contribution is -2.29. The highest BCUT2D eigenvalue weighted by atomic mass is 32.2. The standard InChI is InChI=1S/C19H23NO2S/c1-15-10-16(2)12-18(11-15)22-9-8-20-19(21)14-23-13-17-6-4-3-5-7-17/h3-7,10-12H,8-9,13-14H2,1-2H3,(H,20,21). The van der Waals surface area contributed by atoms with Gasteiger partial charge in [0.15, 0.2) is 0 Å². The molecule has 1 amide bonds. The number of benzene rings is 2. The van der Waals surface area contributed by atoms with Gasteiger partial charge in [-0.3, -0.25) is 4.79 Å². The molecule has 0 saturated heterocycles. The molecule has 0 radical (unpaired) electrons. The van der Waals surface area contributed by atoms with E-state index in [1.54, 1.807) is 11.8 Å². The fourth-order valence-corrected chi connectivity index (χ4v) is 3.08. The third kappa shape index (κ3) is 6.78. The first kappa shape index (κ1) is 17.4. The van der Waals surface area contributed by atoms with Crippen LogP contribution in [0.1, 0.15) is 16.7 Å². The van der Waals surface area contributed by atoms with Crippen molar-refractivity contribution in [2.24, 2.45) is 0 Å². The summed E-state index contributed by atoms with van der Waals surface area (Å²) in [5, 5.41) is 2.88. The lowest BCUT2D eigenvalue weighted by Gasteiger charge is -2.09. The molecule has 0 aromatic heterocycles. The Bertz CT molecular complexity index is 608. The van der Waals surface area contributed by atoms with Gasteiger partial charge in [-0.1, -0.05) is 36.4 Å². The fourth-order valence-electron chi connectivity index (χ4n) is 2.26. The minimum absolute atomic E-state index is 0.0509. The van der Waals surface area contributed by atoms with Crippen LogP contribution >= 0.6 is 11.8 Å². The maximum atomic E-state index is 11.8. The van der Waals surface area contributed by atoms with Crippen molar-refractivity contribution in [2.75, 3.05) is 18.9 Å². The molecule has 122 valence electrons. The van der Waals surface area contributed by atoms with Crippen LogP contribution in [0.5, 0.6) is 5.75 Å².